The summed E-state index contributed by atoms with van der Waals surface area (Å²) in [6, 6.07) is 15.6. The van der Waals surface area contributed by atoms with Gasteiger partial charge in [-0.05, 0) is 43.7 Å². The molecule has 1 amide bonds. The van der Waals surface area contributed by atoms with E-state index in [1.54, 1.807) is 0 Å². The number of amides is 1. The Balaban J connectivity index is 1.48. The summed E-state index contributed by atoms with van der Waals surface area (Å²) in [6.45, 7) is 5.11. The Morgan fingerprint density at radius 1 is 1.11 bits per heavy atom. The molecule has 0 aliphatic rings. The lowest BCUT2D eigenvalue weighted by atomic mass is 10.1. The van der Waals surface area contributed by atoms with Crippen LogP contribution < -0.4 is 10.1 Å². The molecule has 2 aromatic carbocycles. The Hall–Kier alpha value is -3.15. The lowest BCUT2D eigenvalue weighted by Crippen LogP contribution is -2.23. The standard InChI is InChI=1S/C21H23N3O3/c1-3-26-18-10-8-17(9-11-18)21-23-20(27-24-21)13-12-19(25)22-14-16-6-4-15(2)5-7-16/h4-11H,3,12-14H2,1-2H3,(H,22,25). The first-order valence-corrected chi connectivity index (χ1v) is 9.02. The zero-order valence-corrected chi connectivity index (χ0v) is 15.6. The molecule has 0 aliphatic heterocycles. The number of rotatable bonds is 8. The summed E-state index contributed by atoms with van der Waals surface area (Å²) in [5, 5.41) is 6.89. The van der Waals surface area contributed by atoms with Gasteiger partial charge in [-0.2, -0.15) is 4.98 Å². The second kappa shape index (κ2) is 8.98. The molecular formula is C21H23N3O3. The molecule has 3 rings (SSSR count). The first-order chi connectivity index (χ1) is 13.1. The maximum absolute atomic E-state index is 12.0. The third kappa shape index (κ3) is 5.41. The molecule has 6 nitrogen and oxygen atoms in total. The summed E-state index contributed by atoms with van der Waals surface area (Å²) in [5.41, 5.74) is 3.12. The van der Waals surface area contributed by atoms with E-state index in [2.05, 4.69) is 15.5 Å². The Morgan fingerprint density at radius 2 is 1.85 bits per heavy atom. The van der Waals surface area contributed by atoms with Gasteiger partial charge < -0.3 is 14.6 Å². The van der Waals surface area contributed by atoms with Crippen molar-refractivity contribution >= 4 is 5.91 Å². The van der Waals surface area contributed by atoms with Gasteiger partial charge in [0.2, 0.25) is 17.6 Å². The van der Waals surface area contributed by atoms with E-state index in [0.29, 0.717) is 37.7 Å². The van der Waals surface area contributed by atoms with Gasteiger partial charge in [-0.1, -0.05) is 35.0 Å². The second-order valence-corrected chi connectivity index (χ2v) is 6.23. The summed E-state index contributed by atoms with van der Waals surface area (Å²) in [7, 11) is 0. The highest BCUT2D eigenvalue weighted by atomic mass is 16.5. The second-order valence-electron chi connectivity index (χ2n) is 6.23. The SMILES string of the molecule is CCOc1ccc(-c2noc(CCC(=O)NCc3ccc(C)cc3)n2)cc1. The number of hydrogen-bond donors (Lipinski definition) is 1. The quantitative estimate of drug-likeness (QED) is 0.659. The van der Waals surface area contributed by atoms with Crippen LogP contribution in [0.15, 0.2) is 53.1 Å². The molecule has 0 spiro atoms. The number of aryl methyl sites for hydroxylation is 2. The van der Waals surface area contributed by atoms with Crippen molar-refractivity contribution in [1.82, 2.24) is 15.5 Å². The number of hydrogen-bond acceptors (Lipinski definition) is 5. The van der Waals surface area contributed by atoms with E-state index in [0.717, 1.165) is 16.9 Å². The van der Waals surface area contributed by atoms with Crippen LogP contribution in [0, 0.1) is 6.92 Å². The minimum Gasteiger partial charge on any atom is -0.494 e. The summed E-state index contributed by atoms with van der Waals surface area (Å²) >= 11 is 0. The van der Waals surface area contributed by atoms with E-state index in [-0.39, 0.29) is 5.91 Å². The molecule has 140 valence electrons. The normalized spacial score (nSPS) is 10.6. The molecule has 0 saturated heterocycles. The molecule has 0 unspecified atom stereocenters. The molecule has 0 aliphatic carbocycles. The average molecular weight is 365 g/mol. The van der Waals surface area contributed by atoms with Crippen LogP contribution >= 0.6 is 0 Å². The molecule has 1 aromatic heterocycles. The van der Waals surface area contributed by atoms with Gasteiger partial charge in [0.1, 0.15) is 5.75 Å². The maximum atomic E-state index is 12.0. The minimum atomic E-state index is -0.0450. The van der Waals surface area contributed by atoms with E-state index in [1.165, 1.54) is 5.56 Å². The molecule has 3 aromatic rings. The van der Waals surface area contributed by atoms with Crippen molar-refractivity contribution in [2.75, 3.05) is 6.61 Å². The number of carbonyl (C=O) groups excluding carboxylic acids is 1. The smallest absolute Gasteiger partial charge is 0.227 e. The van der Waals surface area contributed by atoms with Crippen LogP contribution in [0.5, 0.6) is 5.75 Å². The molecule has 0 bridgehead atoms. The zero-order valence-electron chi connectivity index (χ0n) is 15.6. The van der Waals surface area contributed by atoms with Crippen LogP contribution in [0.1, 0.15) is 30.4 Å². The third-order valence-corrected chi connectivity index (χ3v) is 4.07. The number of benzene rings is 2. The van der Waals surface area contributed by atoms with Gasteiger partial charge in [-0.25, -0.2) is 0 Å². The summed E-state index contributed by atoms with van der Waals surface area (Å²) in [6.07, 6.45) is 0.709. The van der Waals surface area contributed by atoms with Gasteiger partial charge in [0.25, 0.3) is 0 Å². The molecule has 1 N–H and O–H groups in total. The van der Waals surface area contributed by atoms with Crippen molar-refractivity contribution in [1.29, 1.82) is 0 Å². The first kappa shape index (κ1) is 18.6. The van der Waals surface area contributed by atoms with Crippen LogP contribution in [-0.2, 0) is 17.8 Å². The molecule has 0 saturated carbocycles. The largest absolute Gasteiger partial charge is 0.494 e. The minimum absolute atomic E-state index is 0.0450. The fourth-order valence-electron chi connectivity index (χ4n) is 2.56. The number of carbonyl (C=O) groups is 1. The van der Waals surface area contributed by atoms with Crippen molar-refractivity contribution in [3.63, 3.8) is 0 Å². The maximum Gasteiger partial charge on any atom is 0.227 e. The van der Waals surface area contributed by atoms with Gasteiger partial charge in [0.15, 0.2) is 0 Å². The first-order valence-electron chi connectivity index (χ1n) is 9.02. The monoisotopic (exact) mass is 365 g/mol. The van der Waals surface area contributed by atoms with E-state index >= 15 is 0 Å². The van der Waals surface area contributed by atoms with Crippen LogP contribution in [0.2, 0.25) is 0 Å². The Labute approximate surface area is 158 Å². The predicted octanol–water partition coefficient (Wildman–Crippen LogP) is 3.69. The molecule has 0 atom stereocenters. The van der Waals surface area contributed by atoms with Gasteiger partial charge in [0, 0.05) is 24.9 Å². The van der Waals surface area contributed by atoms with Crippen LogP contribution in [0.4, 0.5) is 0 Å². The summed E-state index contributed by atoms with van der Waals surface area (Å²) in [5.74, 6) is 1.71. The van der Waals surface area contributed by atoms with Crippen molar-refractivity contribution in [3.8, 4) is 17.1 Å². The number of nitrogens with one attached hydrogen (secondary N) is 1. The molecule has 1 heterocycles. The van der Waals surface area contributed by atoms with Crippen molar-refractivity contribution in [2.45, 2.75) is 33.2 Å². The van der Waals surface area contributed by atoms with Crippen LogP contribution in [0.25, 0.3) is 11.4 Å². The van der Waals surface area contributed by atoms with Gasteiger partial charge in [-0.3, -0.25) is 4.79 Å². The van der Waals surface area contributed by atoms with Gasteiger partial charge in [0.05, 0.1) is 6.61 Å². The molecule has 0 fully saturated rings. The number of aromatic nitrogens is 2. The van der Waals surface area contributed by atoms with E-state index in [1.807, 2.05) is 62.4 Å². The summed E-state index contributed by atoms with van der Waals surface area (Å²) < 4.78 is 10.7. The lowest BCUT2D eigenvalue weighted by Gasteiger charge is -2.04. The fraction of sp³-hybridized carbons (Fsp3) is 0.286. The van der Waals surface area contributed by atoms with E-state index < -0.39 is 0 Å². The average Bonchev–Trinajstić information content (AvgIpc) is 3.16. The van der Waals surface area contributed by atoms with Crippen LogP contribution in [-0.4, -0.2) is 22.7 Å². The Kier molecular flexibility index (Phi) is 6.20. The van der Waals surface area contributed by atoms with E-state index in [9.17, 15) is 4.79 Å². The van der Waals surface area contributed by atoms with Crippen LogP contribution in [0.3, 0.4) is 0 Å². The highest BCUT2D eigenvalue weighted by Crippen LogP contribution is 2.20. The van der Waals surface area contributed by atoms with Crippen molar-refractivity contribution < 1.29 is 14.1 Å². The van der Waals surface area contributed by atoms with Gasteiger partial charge >= 0.3 is 0 Å². The molecule has 27 heavy (non-hydrogen) atoms. The highest BCUT2D eigenvalue weighted by molar-refractivity contribution is 5.76. The van der Waals surface area contributed by atoms with E-state index in [4.69, 9.17) is 9.26 Å². The molecule has 6 heteroatoms. The molecule has 0 radical (unpaired) electrons. The zero-order chi connectivity index (χ0) is 19.1. The topological polar surface area (TPSA) is 77.2 Å². The van der Waals surface area contributed by atoms with Gasteiger partial charge in [-0.15, -0.1) is 0 Å². The molecular weight excluding hydrogens is 342 g/mol. The number of nitrogens with zero attached hydrogens (tertiary/aromatic N) is 2. The Bertz CT molecular complexity index is 870. The highest BCUT2D eigenvalue weighted by Gasteiger charge is 2.11. The van der Waals surface area contributed by atoms with Crippen molar-refractivity contribution in [3.05, 3.63) is 65.5 Å². The summed E-state index contributed by atoms with van der Waals surface area (Å²) in [4.78, 5) is 16.4. The Morgan fingerprint density at radius 3 is 2.56 bits per heavy atom. The number of ether oxygens (including phenoxy) is 1. The predicted molar refractivity (Wildman–Crippen MR) is 102 cm³/mol. The fourth-order valence-corrected chi connectivity index (χ4v) is 2.56. The van der Waals surface area contributed by atoms with Crippen molar-refractivity contribution in [2.24, 2.45) is 0 Å². The lowest BCUT2D eigenvalue weighted by molar-refractivity contribution is -0.121. The third-order valence-electron chi connectivity index (χ3n) is 4.07.